The second-order valence-corrected chi connectivity index (χ2v) is 9.29. The Morgan fingerprint density at radius 3 is 2.09 bits per heavy atom. The lowest BCUT2D eigenvalue weighted by atomic mass is 9.96. The molecule has 32 heavy (non-hydrogen) atoms. The van der Waals surface area contributed by atoms with Crippen molar-refractivity contribution in [2.75, 3.05) is 19.6 Å². The molecule has 0 bridgehead atoms. The fourth-order valence-corrected chi connectivity index (χ4v) is 5.35. The number of rotatable bonds is 3. The van der Waals surface area contributed by atoms with Crippen molar-refractivity contribution >= 4 is 56.4 Å². The van der Waals surface area contributed by atoms with Gasteiger partial charge in [-0.05, 0) is 63.9 Å². The van der Waals surface area contributed by atoms with Crippen molar-refractivity contribution in [2.24, 2.45) is 0 Å². The minimum absolute atomic E-state index is 0.147. The van der Waals surface area contributed by atoms with Crippen LogP contribution in [0.25, 0.3) is 27.6 Å². The van der Waals surface area contributed by atoms with E-state index in [2.05, 4.69) is 6.07 Å². The van der Waals surface area contributed by atoms with Crippen LogP contribution in [0.15, 0.2) is 59.5 Å². The van der Waals surface area contributed by atoms with Gasteiger partial charge in [0.05, 0.1) is 4.91 Å². The summed E-state index contributed by atoms with van der Waals surface area (Å²) in [6.45, 7) is 1.22. The molecule has 5 rings (SSSR count). The molecule has 0 atom stereocenters. The summed E-state index contributed by atoms with van der Waals surface area (Å²) >= 11 is 0.914. The van der Waals surface area contributed by atoms with E-state index in [-0.39, 0.29) is 23.6 Å². The van der Waals surface area contributed by atoms with Gasteiger partial charge in [-0.3, -0.25) is 19.3 Å². The highest BCUT2D eigenvalue weighted by molar-refractivity contribution is 8.18. The van der Waals surface area contributed by atoms with E-state index in [1.54, 1.807) is 4.90 Å². The van der Waals surface area contributed by atoms with Crippen LogP contribution in [0.1, 0.15) is 31.2 Å². The van der Waals surface area contributed by atoms with E-state index in [0.29, 0.717) is 18.0 Å². The molecule has 162 valence electrons. The third-order valence-electron chi connectivity index (χ3n) is 6.21. The van der Waals surface area contributed by atoms with Crippen LogP contribution >= 0.6 is 11.8 Å². The molecule has 5 nitrogen and oxygen atoms in total. The van der Waals surface area contributed by atoms with Gasteiger partial charge in [-0.25, -0.2) is 0 Å². The summed E-state index contributed by atoms with van der Waals surface area (Å²) in [4.78, 5) is 41.8. The molecule has 2 aliphatic heterocycles. The molecule has 0 saturated carbocycles. The fourth-order valence-electron chi connectivity index (χ4n) is 4.53. The van der Waals surface area contributed by atoms with Gasteiger partial charge in [0.2, 0.25) is 5.91 Å². The number of amides is 3. The van der Waals surface area contributed by atoms with Gasteiger partial charge in [0.25, 0.3) is 11.1 Å². The number of nitrogens with zero attached hydrogens (tertiary/aromatic N) is 2. The zero-order valence-corrected chi connectivity index (χ0v) is 18.6. The Bertz CT molecular complexity index is 1200. The predicted molar refractivity (Wildman–Crippen MR) is 129 cm³/mol. The van der Waals surface area contributed by atoms with Crippen molar-refractivity contribution in [3.63, 3.8) is 0 Å². The van der Waals surface area contributed by atoms with Crippen LogP contribution in [0.3, 0.4) is 0 Å². The molecular weight excluding hydrogens is 420 g/mol. The first-order chi connectivity index (χ1) is 15.6. The van der Waals surface area contributed by atoms with Gasteiger partial charge in [0.15, 0.2) is 0 Å². The second-order valence-electron chi connectivity index (χ2n) is 8.30. The molecule has 0 spiro atoms. The molecule has 0 unspecified atom stereocenters. The van der Waals surface area contributed by atoms with Gasteiger partial charge < -0.3 is 4.90 Å². The van der Waals surface area contributed by atoms with Crippen LogP contribution in [0.2, 0.25) is 0 Å². The van der Waals surface area contributed by atoms with Crippen LogP contribution in [0, 0.1) is 0 Å². The third kappa shape index (κ3) is 3.91. The molecule has 3 amide bonds. The lowest BCUT2D eigenvalue weighted by molar-refractivity contribution is -0.135. The summed E-state index contributed by atoms with van der Waals surface area (Å²) in [6, 6.07) is 18.2. The van der Waals surface area contributed by atoms with Gasteiger partial charge in [-0.15, -0.1) is 0 Å². The van der Waals surface area contributed by atoms with Crippen molar-refractivity contribution < 1.29 is 14.4 Å². The largest absolute Gasteiger partial charge is 0.341 e. The Morgan fingerprint density at radius 2 is 1.47 bits per heavy atom. The molecule has 3 aromatic rings. The van der Waals surface area contributed by atoms with Crippen LogP contribution in [-0.2, 0) is 9.59 Å². The number of carbonyl (C=O) groups excluding carboxylic acids is 3. The molecule has 2 saturated heterocycles. The monoisotopic (exact) mass is 444 g/mol. The summed E-state index contributed by atoms with van der Waals surface area (Å²) in [5, 5.41) is 3.83. The number of likely N-dealkylation sites (tertiary alicyclic amines) is 1. The summed E-state index contributed by atoms with van der Waals surface area (Å²) in [5.74, 6) is -0.536. The summed E-state index contributed by atoms with van der Waals surface area (Å²) < 4.78 is 0. The van der Waals surface area contributed by atoms with Crippen LogP contribution in [0.4, 0.5) is 4.79 Å². The number of hydrogen-bond donors (Lipinski definition) is 0. The number of carbonyl (C=O) groups is 3. The van der Waals surface area contributed by atoms with E-state index in [1.165, 1.54) is 0 Å². The topological polar surface area (TPSA) is 57.7 Å². The van der Waals surface area contributed by atoms with E-state index in [9.17, 15) is 14.4 Å². The van der Waals surface area contributed by atoms with Gasteiger partial charge in [0.1, 0.15) is 6.54 Å². The normalized spacial score (nSPS) is 18.7. The minimum Gasteiger partial charge on any atom is -0.341 e. The Balaban J connectivity index is 1.47. The van der Waals surface area contributed by atoms with Gasteiger partial charge in [0, 0.05) is 13.1 Å². The number of imide groups is 1. The SMILES string of the molecule is O=C(CN1C(=O)S/C(=C\c2c3ccccc3cc3ccccc23)C1=O)N1CCCCCC1. The Kier molecular flexibility index (Phi) is 5.70. The van der Waals surface area contributed by atoms with E-state index in [1.807, 2.05) is 54.6 Å². The highest BCUT2D eigenvalue weighted by Gasteiger charge is 2.37. The first-order valence-electron chi connectivity index (χ1n) is 11.1. The van der Waals surface area contributed by atoms with E-state index < -0.39 is 0 Å². The first kappa shape index (κ1) is 20.8. The summed E-state index contributed by atoms with van der Waals surface area (Å²) in [6.07, 6.45) is 6.00. The smallest absolute Gasteiger partial charge is 0.294 e. The Labute approximate surface area is 191 Å². The molecule has 6 heteroatoms. The molecule has 2 fully saturated rings. The molecule has 0 radical (unpaired) electrons. The zero-order chi connectivity index (χ0) is 22.1. The Morgan fingerprint density at radius 1 is 0.875 bits per heavy atom. The van der Waals surface area contributed by atoms with Crippen molar-refractivity contribution in [3.05, 3.63) is 65.1 Å². The van der Waals surface area contributed by atoms with Crippen LogP contribution in [-0.4, -0.2) is 46.5 Å². The maximum absolute atomic E-state index is 13.1. The maximum Gasteiger partial charge on any atom is 0.294 e. The first-order valence-corrected chi connectivity index (χ1v) is 11.9. The number of benzene rings is 3. The second kappa shape index (κ2) is 8.79. The number of fused-ring (bicyclic) bond motifs is 2. The molecule has 0 N–H and O–H groups in total. The fraction of sp³-hybridized carbons (Fsp3) is 0.269. The van der Waals surface area contributed by atoms with Gasteiger partial charge >= 0.3 is 0 Å². The van der Waals surface area contributed by atoms with Crippen molar-refractivity contribution in [2.45, 2.75) is 25.7 Å². The lowest BCUT2D eigenvalue weighted by Gasteiger charge is -2.22. The van der Waals surface area contributed by atoms with Crippen molar-refractivity contribution in [1.82, 2.24) is 9.80 Å². The molecule has 3 aromatic carbocycles. The average molecular weight is 445 g/mol. The molecule has 0 aliphatic carbocycles. The quantitative estimate of drug-likeness (QED) is 0.399. The average Bonchev–Trinajstić information content (AvgIpc) is 2.99. The molecule has 0 aromatic heterocycles. The summed E-state index contributed by atoms with van der Waals surface area (Å²) in [5.41, 5.74) is 0.919. The zero-order valence-electron chi connectivity index (χ0n) is 17.8. The molecule has 2 heterocycles. The number of hydrogen-bond acceptors (Lipinski definition) is 4. The predicted octanol–water partition coefficient (Wildman–Crippen LogP) is 5.43. The number of thioether (sulfide) groups is 1. The van der Waals surface area contributed by atoms with Gasteiger partial charge in [-0.1, -0.05) is 61.4 Å². The highest BCUT2D eigenvalue weighted by atomic mass is 32.2. The standard InChI is InChI=1S/C26H24N2O3S/c29-24(27-13-7-1-2-8-14-27)17-28-25(30)23(32-26(28)31)16-22-20-11-5-3-9-18(20)15-19-10-4-6-12-21(19)22/h3-6,9-12,15-16H,1-2,7-8,13-14,17H2/b23-16-. The lowest BCUT2D eigenvalue weighted by Crippen LogP contribution is -2.42. The van der Waals surface area contributed by atoms with Crippen LogP contribution in [0.5, 0.6) is 0 Å². The van der Waals surface area contributed by atoms with Crippen molar-refractivity contribution in [1.29, 1.82) is 0 Å². The highest BCUT2D eigenvalue weighted by Crippen LogP contribution is 2.36. The van der Waals surface area contributed by atoms with E-state index in [0.717, 1.165) is 69.5 Å². The Hall–Kier alpha value is -3.12. The van der Waals surface area contributed by atoms with Gasteiger partial charge in [-0.2, -0.15) is 0 Å². The van der Waals surface area contributed by atoms with Crippen LogP contribution < -0.4 is 0 Å². The maximum atomic E-state index is 13.1. The minimum atomic E-state index is -0.389. The molecule has 2 aliphatic rings. The third-order valence-corrected chi connectivity index (χ3v) is 7.12. The molecular formula is C26H24N2O3S. The van der Waals surface area contributed by atoms with Crippen molar-refractivity contribution in [3.8, 4) is 0 Å². The summed E-state index contributed by atoms with van der Waals surface area (Å²) in [7, 11) is 0. The van der Waals surface area contributed by atoms with E-state index >= 15 is 0 Å². The van der Waals surface area contributed by atoms with E-state index in [4.69, 9.17) is 0 Å².